The number of hydrogen-bond acceptors (Lipinski definition) is 2. The van der Waals surface area contributed by atoms with Crippen LogP contribution in [0.2, 0.25) is 0 Å². The Bertz CT molecular complexity index is 609. The SMILES string of the molecule is CN=C(NCC1(C2CC2)CCC1)NC(C)c1ccc(OC)c(F)c1. The Kier molecular flexibility index (Phi) is 4.97. The monoisotopic (exact) mass is 333 g/mol. The summed E-state index contributed by atoms with van der Waals surface area (Å²) in [5.41, 5.74) is 1.37. The molecule has 24 heavy (non-hydrogen) atoms. The van der Waals surface area contributed by atoms with Crippen LogP contribution in [-0.4, -0.2) is 26.7 Å². The molecule has 2 aliphatic carbocycles. The fourth-order valence-electron chi connectivity index (χ4n) is 3.75. The van der Waals surface area contributed by atoms with Gasteiger partial charge in [-0.3, -0.25) is 4.99 Å². The zero-order valence-electron chi connectivity index (χ0n) is 14.9. The van der Waals surface area contributed by atoms with Crippen molar-refractivity contribution in [2.75, 3.05) is 20.7 Å². The average Bonchev–Trinajstić information content (AvgIpc) is 3.37. The molecule has 2 N–H and O–H groups in total. The standard InChI is InChI=1S/C19H28FN3O/c1-13(14-5-8-17(24-3)16(20)11-14)23-18(21-2)22-12-19(9-4-10-19)15-6-7-15/h5,8,11,13,15H,4,6-7,9-10,12H2,1-3H3,(H2,21,22,23). The third-order valence-electron chi connectivity index (χ3n) is 5.65. The lowest BCUT2D eigenvalue weighted by atomic mass is 9.65. The maximum absolute atomic E-state index is 13.9. The summed E-state index contributed by atoms with van der Waals surface area (Å²) in [7, 11) is 3.25. The van der Waals surface area contributed by atoms with Crippen LogP contribution in [0.3, 0.4) is 0 Å². The van der Waals surface area contributed by atoms with Gasteiger partial charge in [-0.1, -0.05) is 12.5 Å². The number of aliphatic imine (C=N–C) groups is 1. The average molecular weight is 333 g/mol. The molecule has 1 unspecified atom stereocenters. The first kappa shape index (κ1) is 17.1. The van der Waals surface area contributed by atoms with Gasteiger partial charge in [0.2, 0.25) is 0 Å². The van der Waals surface area contributed by atoms with E-state index in [0.29, 0.717) is 5.41 Å². The largest absolute Gasteiger partial charge is 0.494 e. The lowest BCUT2D eigenvalue weighted by Crippen LogP contribution is -2.47. The van der Waals surface area contributed by atoms with Gasteiger partial charge in [0.1, 0.15) is 0 Å². The number of nitrogens with one attached hydrogen (secondary N) is 2. The second-order valence-electron chi connectivity index (χ2n) is 7.18. The second-order valence-corrected chi connectivity index (χ2v) is 7.18. The van der Waals surface area contributed by atoms with E-state index in [9.17, 15) is 4.39 Å². The van der Waals surface area contributed by atoms with Crippen LogP contribution < -0.4 is 15.4 Å². The maximum atomic E-state index is 13.9. The van der Waals surface area contributed by atoms with Crippen LogP contribution in [0.5, 0.6) is 5.75 Å². The predicted molar refractivity (Wildman–Crippen MR) is 94.9 cm³/mol. The summed E-state index contributed by atoms with van der Waals surface area (Å²) in [6.45, 7) is 3.00. The van der Waals surface area contributed by atoms with E-state index in [-0.39, 0.29) is 17.6 Å². The summed E-state index contributed by atoms with van der Waals surface area (Å²) >= 11 is 0. The molecular weight excluding hydrogens is 305 g/mol. The number of rotatable bonds is 6. The molecule has 2 aliphatic rings. The van der Waals surface area contributed by atoms with Crippen LogP contribution in [0, 0.1) is 17.2 Å². The summed E-state index contributed by atoms with van der Waals surface area (Å²) in [6, 6.07) is 5.02. The number of benzene rings is 1. The number of methoxy groups -OCH3 is 1. The van der Waals surface area contributed by atoms with Crippen molar-refractivity contribution in [1.29, 1.82) is 0 Å². The molecule has 0 aliphatic heterocycles. The molecule has 5 heteroatoms. The van der Waals surface area contributed by atoms with Crippen LogP contribution in [0.1, 0.15) is 50.6 Å². The third-order valence-corrected chi connectivity index (χ3v) is 5.65. The van der Waals surface area contributed by atoms with E-state index in [0.717, 1.165) is 24.0 Å². The predicted octanol–water partition coefficient (Wildman–Crippen LogP) is 3.64. The first-order valence-electron chi connectivity index (χ1n) is 8.88. The van der Waals surface area contributed by atoms with Gasteiger partial charge in [0.15, 0.2) is 17.5 Å². The van der Waals surface area contributed by atoms with E-state index < -0.39 is 0 Å². The van der Waals surface area contributed by atoms with Crippen molar-refractivity contribution in [2.45, 2.75) is 45.1 Å². The maximum Gasteiger partial charge on any atom is 0.191 e. The molecule has 2 saturated carbocycles. The van der Waals surface area contributed by atoms with Crippen LogP contribution in [-0.2, 0) is 0 Å². The van der Waals surface area contributed by atoms with Crippen LogP contribution >= 0.6 is 0 Å². The quantitative estimate of drug-likeness (QED) is 0.617. The normalized spacial score (nSPS) is 20.9. The van der Waals surface area contributed by atoms with Gasteiger partial charge in [0.05, 0.1) is 13.2 Å². The summed E-state index contributed by atoms with van der Waals surface area (Å²) in [4.78, 5) is 4.33. The summed E-state index contributed by atoms with van der Waals surface area (Å²) in [5.74, 6) is 1.62. The summed E-state index contributed by atoms with van der Waals surface area (Å²) in [6.07, 6.45) is 6.79. The van der Waals surface area contributed by atoms with E-state index in [2.05, 4.69) is 15.6 Å². The number of hydrogen-bond donors (Lipinski definition) is 2. The Labute approximate surface area is 143 Å². The zero-order valence-corrected chi connectivity index (χ0v) is 14.9. The van der Waals surface area contributed by atoms with E-state index in [1.54, 1.807) is 13.1 Å². The van der Waals surface area contributed by atoms with Gasteiger partial charge in [-0.05, 0) is 61.6 Å². The van der Waals surface area contributed by atoms with Crippen molar-refractivity contribution in [3.8, 4) is 5.75 Å². The second kappa shape index (κ2) is 6.99. The van der Waals surface area contributed by atoms with Crippen molar-refractivity contribution in [2.24, 2.45) is 16.3 Å². The van der Waals surface area contributed by atoms with Crippen LogP contribution in [0.15, 0.2) is 23.2 Å². The smallest absolute Gasteiger partial charge is 0.191 e. The highest BCUT2D eigenvalue weighted by atomic mass is 19.1. The highest BCUT2D eigenvalue weighted by Gasteiger charge is 2.48. The van der Waals surface area contributed by atoms with Crippen molar-refractivity contribution >= 4 is 5.96 Å². The minimum Gasteiger partial charge on any atom is -0.494 e. The molecule has 0 spiro atoms. The molecule has 2 fully saturated rings. The van der Waals surface area contributed by atoms with Gasteiger partial charge >= 0.3 is 0 Å². The fraction of sp³-hybridized carbons (Fsp3) is 0.632. The topological polar surface area (TPSA) is 45.7 Å². The number of ether oxygens (including phenoxy) is 1. The third kappa shape index (κ3) is 3.50. The first-order valence-corrected chi connectivity index (χ1v) is 8.88. The van der Waals surface area contributed by atoms with Gasteiger partial charge in [-0.25, -0.2) is 4.39 Å². The van der Waals surface area contributed by atoms with Gasteiger partial charge in [0.25, 0.3) is 0 Å². The van der Waals surface area contributed by atoms with Crippen LogP contribution in [0.25, 0.3) is 0 Å². The van der Waals surface area contributed by atoms with E-state index >= 15 is 0 Å². The number of guanidine groups is 1. The number of halogens is 1. The van der Waals surface area contributed by atoms with Gasteiger partial charge < -0.3 is 15.4 Å². The molecule has 0 bridgehead atoms. The Hall–Kier alpha value is -1.78. The van der Waals surface area contributed by atoms with Crippen molar-refractivity contribution in [3.05, 3.63) is 29.6 Å². The van der Waals surface area contributed by atoms with Crippen LogP contribution in [0.4, 0.5) is 4.39 Å². The Balaban J connectivity index is 1.57. The molecule has 0 radical (unpaired) electrons. The molecule has 1 atom stereocenters. The summed E-state index contributed by atoms with van der Waals surface area (Å²) < 4.78 is 18.9. The van der Waals surface area contributed by atoms with Gasteiger partial charge in [0, 0.05) is 13.6 Å². The summed E-state index contributed by atoms with van der Waals surface area (Å²) in [5, 5.41) is 6.85. The molecule has 0 aromatic heterocycles. The molecule has 3 rings (SSSR count). The highest BCUT2D eigenvalue weighted by Crippen LogP contribution is 2.56. The Morgan fingerprint density at radius 3 is 2.67 bits per heavy atom. The molecule has 1 aromatic carbocycles. The minimum atomic E-state index is -0.339. The van der Waals surface area contributed by atoms with E-state index in [1.807, 2.05) is 13.0 Å². The van der Waals surface area contributed by atoms with Gasteiger partial charge in [-0.15, -0.1) is 0 Å². The van der Waals surface area contributed by atoms with Crippen molar-refractivity contribution < 1.29 is 9.13 Å². The Morgan fingerprint density at radius 2 is 2.17 bits per heavy atom. The van der Waals surface area contributed by atoms with E-state index in [1.165, 1.54) is 45.3 Å². The molecule has 132 valence electrons. The molecule has 1 aromatic rings. The zero-order chi connectivity index (χ0) is 17.2. The first-order chi connectivity index (χ1) is 11.6. The van der Waals surface area contributed by atoms with Gasteiger partial charge in [-0.2, -0.15) is 0 Å². The molecular formula is C19H28FN3O. The van der Waals surface area contributed by atoms with Crippen molar-refractivity contribution in [1.82, 2.24) is 10.6 Å². The molecule has 0 heterocycles. The number of nitrogens with zero attached hydrogens (tertiary/aromatic N) is 1. The Morgan fingerprint density at radius 1 is 1.42 bits per heavy atom. The lowest BCUT2D eigenvalue weighted by molar-refractivity contribution is 0.106. The minimum absolute atomic E-state index is 0.0325. The molecule has 4 nitrogen and oxygen atoms in total. The lowest BCUT2D eigenvalue weighted by Gasteiger charge is -2.43. The van der Waals surface area contributed by atoms with E-state index in [4.69, 9.17) is 4.74 Å². The highest BCUT2D eigenvalue weighted by molar-refractivity contribution is 5.80. The fourth-order valence-corrected chi connectivity index (χ4v) is 3.75. The van der Waals surface area contributed by atoms with Crippen molar-refractivity contribution in [3.63, 3.8) is 0 Å². The molecule has 0 saturated heterocycles. The molecule has 0 amide bonds.